The van der Waals surface area contributed by atoms with Crippen LogP contribution in [0.4, 0.5) is 30.2 Å². The van der Waals surface area contributed by atoms with Gasteiger partial charge in [0, 0.05) is 16.7 Å². The summed E-state index contributed by atoms with van der Waals surface area (Å²) in [6, 6.07) is 11.4. The molecule has 9 heteroatoms. The molecule has 0 atom stereocenters. The number of nitrogens with one attached hydrogen (secondary N) is 1. The molecule has 0 saturated carbocycles. The third-order valence-corrected chi connectivity index (χ3v) is 5.74. The number of halogens is 3. The standard InChI is InChI=1S/C26H26F3N3O2S/c1-3-4-8-18(15(2)34)19-9-10-20(24(28)26(19)30)23-21(27)11-12-22(25(23)29)31-32(35)17-7-5-6-16(13-17)14-33/h5-13,31,33,35H,3-4,14,30H2,1-2H3/b18-8-. The zero-order valence-electron chi connectivity index (χ0n) is 19.3. The van der Waals surface area contributed by atoms with Gasteiger partial charge in [-0.15, -0.1) is 0 Å². The molecule has 3 aromatic rings. The topological polar surface area (TPSA) is 78.6 Å². The highest BCUT2D eigenvalue weighted by Crippen LogP contribution is 2.37. The van der Waals surface area contributed by atoms with Crippen LogP contribution in [-0.4, -0.2) is 10.9 Å². The second kappa shape index (κ2) is 11.3. The minimum absolute atomic E-state index is 0.167. The average Bonchev–Trinajstić information content (AvgIpc) is 2.84. The number of nitrogens with two attached hydrogens (primary N) is 1. The van der Waals surface area contributed by atoms with E-state index in [-0.39, 0.29) is 40.5 Å². The van der Waals surface area contributed by atoms with Gasteiger partial charge in [-0.25, -0.2) is 17.6 Å². The van der Waals surface area contributed by atoms with Crippen molar-refractivity contribution in [1.29, 1.82) is 0 Å². The van der Waals surface area contributed by atoms with Crippen molar-refractivity contribution in [3.8, 4) is 11.1 Å². The van der Waals surface area contributed by atoms with Crippen LogP contribution in [0, 0.1) is 17.5 Å². The number of hydrogen-bond donors (Lipinski definition) is 4. The number of benzene rings is 3. The number of aliphatic hydroxyl groups excluding tert-OH is 1. The molecule has 0 aliphatic carbocycles. The van der Waals surface area contributed by atoms with Crippen LogP contribution in [0.1, 0.15) is 37.8 Å². The third kappa shape index (κ3) is 5.63. The highest BCUT2D eigenvalue weighted by Gasteiger charge is 2.23. The molecule has 3 rings (SSSR count). The number of aliphatic hydroxyl groups is 1. The molecule has 0 unspecified atom stereocenters. The summed E-state index contributed by atoms with van der Waals surface area (Å²) in [6.45, 7) is 3.09. The van der Waals surface area contributed by atoms with Gasteiger partial charge in [-0.2, -0.15) is 0 Å². The molecular weight excluding hydrogens is 475 g/mol. The number of nitrogen functional groups attached to an aromatic ring is 1. The lowest BCUT2D eigenvalue weighted by molar-refractivity contribution is -0.111. The molecule has 5 nitrogen and oxygen atoms in total. The molecule has 0 spiro atoms. The Labute approximate surface area is 207 Å². The molecule has 184 valence electrons. The molecule has 0 aromatic heterocycles. The number of ketones is 1. The van der Waals surface area contributed by atoms with E-state index in [0.29, 0.717) is 17.7 Å². The summed E-state index contributed by atoms with van der Waals surface area (Å²) in [5.74, 6) is -3.36. The van der Waals surface area contributed by atoms with Crippen molar-refractivity contribution in [3.05, 3.63) is 83.2 Å². The predicted octanol–water partition coefficient (Wildman–Crippen LogP) is 6.30. The van der Waals surface area contributed by atoms with Gasteiger partial charge < -0.3 is 10.8 Å². The molecular formula is C26H26F3N3O2S. The molecule has 0 radical (unpaired) electrons. The maximum atomic E-state index is 15.4. The third-order valence-electron chi connectivity index (χ3n) is 5.41. The van der Waals surface area contributed by atoms with E-state index >= 15 is 8.78 Å². The van der Waals surface area contributed by atoms with Crippen LogP contribution in [0.5, 0.6) is 0 Å². The molecule has 0 aliphatic rings. The van der Waals surface area contributed by atoms with Gasteiger partial charge in [-0.1, -0.05) is 43.7 Å². The second-order valence-electron chi connectivity index (χ2n) is 7.89. The Morgan fingerprint density at radius 2 is 1.89 bits per heavy atom. The average molecular weight is 502 g/mol. The smallest absolute Gasteiger partial charge is 0.160 e. The van der Waals surface area contributed by atoms with E-state index in [0.717, 1.165) is 18.6 Å². The van der Waals surface area contributed by atoms with E-state index in [1.54, 1.807) is 30.3 Å². The fourth-order valence-electron chi connectivity index (χ4n) is 3.60. The van der Waals surface area contributed by atoms with Crippen LogP contribution >= 0.6 is 12.8 Å². The highest BCUT2D eigenvalue weighted by molar-refractivity contribution is 7.81. The highest BCUT2D eigenvalue weighted by atomic mass is 32.1. The summed E-state index contributed by atoms with van der Waals surface area (Å²) < 4.78 is 46.7. The number of unbranched alkanes of at least 4 members (excludes halogenated alkanes) is 1. The minimum atomic E-state index is -1.05. The second-order valence-corrected chi connectivity index (χ2v) is 8.29. The van der Waals surface area contributed by atoms with Gasteiger partial charge in [0.25, 0.3) is 0 Å². The minimum Gasteiger partial charge on any atom is -0.396 e. The number of anilines is 3. The summed E-state index contributed by atoms with van der Waals surface area (Å²) >= 11 is 4.28. The van der Waals surface area contributed by atoms with Crippen molar-refractivity contribution in [2.75, 3.05) is 15.6 Å². The first kappa shape index (κ1) is 26.2. The van der Waals surface area contributed by atoms with E-state index in [2.05, 4.69) is 18.2 Å². The van der Waals surface area contributed by atoms with E-state index in [4.69, 9.17) is 5.73 Å². The van der Waals surface area contributed by atoms with Crippen molar-refractivity contribution in [1.82, 2.24) is 0 Å². The van der Waals surface area contributed by atoms with Crippen LogP contribution in [0.15, 0.2) is 54.6 Å². The van der Waals surface area contributed by atoms with Crippen LogP contribution in [0.3, 0.4) is 0 Å². The van der Waals surface area contributed by atoms with Crippen LogP contribution in [0.25, 0.3) is 16.7 Å². The summed E-state index contributed by atoms with van der Waals surface area (Å²) in [4.78, 5) is 12.1. The molecule has 0 bridgehead atoms. The van der Waals surface area contributed by atoms with E-state index in [1.807, 2.05) is 6.92 Å². The number of carbonyl (C=O) groups is 1. The number of hydrazine groups is 1. The van der Waals surface area contributed by atoms with E-state index in [1.165, 1.54) is 23.5 Å². The van der Waals surface area contributed by atoms with Crippen molar-refractivity contribution >= 4 is 41.2 Å². The first-order valence-electron chi connectivity index (χ1n) is 10.9. The van der Waals surface area contributed by atoms with E-state index in [9.17, 15) is 14.3 Å². The van der Waals surface area contributed by atoms with Gasteiger partial charge in [-0.05, 0) is 56.0 Å². The van der Waals surface area contributed by atoms with Crippen molar-refractivity contribution in [2.24, 2.45) is 0 Å². The Bertz CT molecular complexity index is 1280. The number of Topliss-reactive ketones (excluding diaryl/α,β-unsaturated/α-hetero) is 1. The molecule has 0 saturated heterocycles. The number of hydrogen-bond acceptors (Lipinski definition) is 6. The Kier molecular flexibility index (Phi) is 8.48. The van der Waals surface area contributed by atoms with Gasteiger partial charge in [0.1, 0.15) is 5.82 Å². The van der Waals surface area contributed by atoms with Crippen LogP contribution in [0.2, 0.25) is 0 Å². The summed E-state index contributed by atoms with van der Waals surface area (Å²) in [5, 5.41) is 9.31. The van der Waals surface area contributed by atoms with Gasteiger partial charge in [0.2, 0.25) is 0 Å². The number of rotatable bonds is 9. The Hall–Kier alpha value is -3.43. The number of carbonyl (C=O) groups excluding carboxylic acids is 1. The monoisotopic (exact) mass is 501 g/mol. The maximum Gasteiger partial charge on any atom is 0.160 e. The number of nitrogens with zero attached hydrogens (tertiary/aromatic N) is 1. The molecule has 0 aliphatic heterocycles. The quantitative estimate of drug-likeness (QED) is 0.120. The van der Waals surface area contributed by atoms with Crippen LogP contribution in [-0.2, 0) is 11.4 Å². The fraction of sp³-hybridized carbons (Fsp3) is 0.192. The Morgan fingerprint density at radius 1 is 1.14 bits per heavy atom. The van der Waals surface area contributed by atoms with Crippen molar-refractivity contribution in [2.45, 2.75) is 33.3 Å². The first-order valence-corrected chi connectivity index (χ1v) is 11.3. The largest absolute Gasteiger partial charge is 0.396 e. The number of allylic oxidation sites excluding steroid dienone is 2. The van der Waals surface area contributed by atoms with Gasteiger partial charge in [0.15, 0.2) is 17.4 Å². The molecule has 4 N–H and O–H groups in total. The normalized spacial score (nSPS) is 11.5. The van der Waals surface area contributed by atoms with Gasteiger partial charge in [0.05, 0.1) is 29.2 Å². The molecule has 0 fully saturated rings. The van der Waals surface area contributed by atoms with Gasteiger partial charge in [-0.3, -0.25) is 10.2 Å². The summed E-state index contributed by atoms with van der Waals surface area (Å²) in [5.41, 5.74) is 8.67. The Morgan fingerprint density at radius 3 is 2.54 bits per heavy atom. The lowest BCUT2D eigenvalue weighted by Crippen LogP contribution is -2.20. The molecule has 0 heterocycles. The van der Waals surface area contributed by atoms with Crippen molar-refractivity contribution < 1.29 is 23.1 Å². The summed E-state index contributed by atoms with van der Waals surface area (Å²) in [6.07, 6.45) is 3.04. The lowest BCUT2D eigenvalue weighted by atomic mass is 9.94. The van der Waals surface area contributed by atoms with Crippen molar-refractivity contribution in [3.63, 3.8) is 0 Å². The van der Waals surface area contributed by atoms with Gasteiger partial charge >= 0.3 is 0 Å². The number of thiol groups is 1. The molecule has 0 amide bonds. The Balaban J connectivity index is 2.03. The SMILES string of the molecule is CCC/C=C(/C(C)=O)c1ccc(-c2c(F)ccc(NN(S)c3cccc(CO)c3)c2F)c(F)c1N. The first-order chi connectivity index (χ1) is 16.7. The predicted molar refractivity (Wildman–Crippen MR) is 137 cm³/mol. The van der Waals surface area contributed by atoms with Crippen LogP contribution < -0.4 is 15.6 Å². The molecule has 3 aromatic carbocycles. The zero-order chi connectivity index (χ0) is 25.7. The zero-order valence-corrected chi connectivity index (χ0v) is 20.2. The lowest BCUT2D eigenvalue weighted by Gasteiger charge is -2.22. The fourth-order valence-corrected chi connectivity index (χ4v) is 3.84. The maximum absolute atomic E-state index is 15.4. The molecule has 35 heavy (non-hydrogen) atoms. The van der Waals surface area contributed by atoms with E-state index < -0.39 is 23.0 Å². The summed E-state index contributed by atoms with van der Waals surface area (Å²) in [7, 11) is 0.